The molecule has 1 atom stereocenters. The van der Waals surface area contributed by atoms with Crippen LogP contribution in [0.3, 0.4) is 0 Å². The van der Waals surface area contributed by atoms with E-state index < -0.39 is 11.7 Å². The second-order valence-electron chi connectivity index (χ2n) is 6.62. The minimum absolute atomic E-state index is 0.104. The highest BCUT2D eigenvalue weighted by Crippen LogP contribution is 2.23. The number of ether oxygens (including phenoxy) is 2. The summed E-state index contributed by atoms with van der Waals surface area (Å²) in [6, 6.07) is 8.88. The Hall–Kier alpha value is -2.02. The van der Waals surface area contributed by atoms with Crippen LogP contribution in [0.1, 0.15) is 50.9 Å². The molecule has 0 heterocycles. The van der Waals surface area contributed by atoms with Crippen molar-refractivity contribution in [3.63, 3.8) is 0 Å². The van der Waals surface area contributed by atoms with Gasteiger partial charge in [0.1, 0.15) is 5.60 Å². The van der Waals surface area contributed by atoms with Crippen molar-refractivity contribution >= 4 is 28.9 Å². The van der Waals surface area contributed by atoms with Gasteiger partial charge in [0.25, 0.3) is 0 Å². The van der Waals surface area contributed by atoms with Crippen molar-refractivity contribution in [3.8, 4) is 0 Å². The van der Waals surface area contributed by atoms with Gasteiger partial charge in [-0.1, -0.05) is 42.1 Å². The summed E-state index contributed by atoms with van der Waals surface area (Å²) in [5, 5.41) is 2.24. The smallest absolute Gasteiger partial charge is 0.407 e. The molecule has 0 saturated carbocycles. The van der Waals surface area contributed by atoms with Gasteiger partial charge in [-0.2, -0.15) is 0 Å². The molecule has 0 aliphatic heterocycles. The fourth-order valence-electron chi connectivity index (χ4n) is 2.05. The summed E-state index contributed by atoms with van der Waals surface area (Å²) in [5.41, 5.74) is -0.00152. The molecule has 144 valence electrons. The molecule has 1 aromatic rings. The van der Waals surface area contributed by atoms with Gasteiger partial charge in [-0.05, 0) is 34.1 Å². The summed E-state index contributed by atoms with van der Waals surface area (Å²) in [6.07, 6.45) is 0.0285. The molecule has 1 amide bonds. The summed E-state index contributed by atoms with van der Waals surface area (Å²) >= 11 is 1.08. The molecule has 26 heavy (non-hydrogen) atoms. The van der Waals surface area contributed by atoms with Gasteiger partial charge in [0.15, 0.2) is 0 Å². The molecule has 0 bridgehead atoms. The highest BCUT2D eigenvalue weighted by Gasteiger charge is 2.21. The van der Waals surface area contributed by atoms with E-state index in [0.717, 1.165) is 11.8 Å². The summed E-state index contributed by atoms with van der Waals surface area (Å²) in [7, 11) is 0. The Bertz CT molecular complexity index is 598. The van der Waals surface area contributed by atoms with E-state index in [0.29, 0.717) is 25.1 Å². The molecule has 0 fully saturated rings. The fraction of sp³-hybridized carbons (Fsp3) is 0.526. The van der Waals surface area contributed by atoms with Crippen LogP contribution in [0.4, 0.5) is 4.79 Å². The highest BCUT2D eigenvalue weighted by atomic mass is 32.2. The molecule has 1 aromatic carbocycles. The van der Waals surface area contributed by atoms with Crippen LogP contribution in [0.5, 0.6) is 0 Å². The number of nitrogens with one attached hydrogen (secondary N) is 1. The first-order valence-corrected chi connectivity index (χ1v) is 9.47. The maximum Gasteiger partial charge on any atom is 0.407 e. The van der Waals surface area contributed by atoms with E-state index in [4.69, 9.17) is 9.47 Å². The second kappa shape index (κ2) is 10.9. The Morgan fingerprint density at radius 1 is 1.15 bits per heavy atom. The van der Waals surface area contributed by atoms with Crippen LogP contribution >= 0.6 is 11.8 Å². The van der Waals surface area contributed by atoms with Gasteiger partial charge in [0.2, 0.25) is 5.12 Å². The lowest BCUT2D eigenvalue weighted by molar-refractivity contribution is -0.143. The van der Waals surface area contributed by atoms with Crippen LogP contribution < -0.4 is 5.32 Å². The number of thioether (sulfide) groups is 1. The molecule has 7 heteroatoms. The molecule has 0 saturated heterocycles. The summed E-state index contributed by atoms with van der Waals surface area (Å²) in [5.74, 6) is -0.358. The van der Waals surface area contributed by atoms with E-state index in [1.807, 2.05) is 6.07 Å². The first kappa shape index (κ1) is 22.0. The fourth-order valence-corrected chi connectivity index (χ4v) is 3.08. The first-order chi connectivity index (χ1) is 12.2. The maximum atomic E-state index is 12.4. The third-order valence-electron chi connectivity index (χ3n) is 3.12. The first-order valence-electron chi connectivity index (χ1n) is 8.59. The van der Waals surface area contributed by atoms with Gasteiger partial charge in [-0.15, -0.1) is 0 Å². The number of hydrogen-bond acceptors (Lipinski definition) is 6. The van der Waals surface area contributed by atoms with Crippen molar-refractivity contribution in [3.05, 3.63) is 35.9 Å². The van der Waals surface area contributed by atoms with Crippen LogP contribution in [0.25, 0.3) is 0 Å². The number of carbonyl (C=O) groups excluding carboxylic acids is 3. The zero-order chi connectivity index (χ0) is 19.6. The molecule has 0 radical (unpaired) electrons. The number of alkyl carbamates (subject to hydrolysis) is 1. The van der Waals surface area contributed by atoms with Crippen LogP contribution in [0.15, 0.2) is 30.3 Å². The number of rotatable bonds is 8. The SMILES string of the molecule is CCOC(=O)CC(CCNC(=O)OC(C)(C)C)SC(=O)c1ccccc1. The Labute approximate surface area is 159 Å². The van der Waals surface area contributed by atoms with Crippen LogP contribution in [0.2, 0.25) is 0 Å². The lowest BCUT2D eigenvalue weighted by Crippen LogP contribution is -2.34. The van der Waals surface area contributed by atoms with E-state index in [1.54, 1.807) is 52.0 Å². The number of carbonyl (C=O) groups is 3. The third-order valence-corrected chi connectivity index (χ3v) is 4.30. The predicted molar refractivity (Wildman–Crippen MR) is 102 cm³/mol. The topological polar surface area (TPSA) is 81.7 Å². The van der Waals surface area contributed by atoms with Crippen LogP contribution in [-0.2, 0) is 14.3 Å². The van der Waals surface area contributed by atoms with Crippen molar-refractivity contribution in [2.75, 3.05) is 13.2 Å². The Kier molecular flexibility index (Phi) is 9.19. The standard InChI is InChI=1S/C19H27NO5S/c1-5-24-16(21)13-15(11-12-20-18(23)25-19(2,3)4)26-17(22)14-9-7-6-8-10-14/h6-10,15H,5,11-13H2,1-4H3,(H,20,23). The highest BCUT2D eigenvalue weighted by molar-refractivity contribution is 8.14. The van der Waals surface area contributed by atoms with E-state index in [9.17, 15) is 14.4 Å². The maximum absolute atomic E-state index is 12.4. The lowest BCUT2D eigenvalue weighted by Gasteiger charge is -2.20. The summed E-state index contributed by atoms with van der Waals surface area (Å²) < 4.78 is 10.2. The van der Waals surface area contributed by atoms with Crippen molar-refractivity contribution in [1.29, 1.82) is 0 Å². The van der Waals surface area contributed by atoms with Gasteiger partial charge < -0.3 is 14.8 Å². The van der Waals surface area contributed by atoms with Crippen molar-refractivity contribution < 1.29 is 23.9 Å². The number of hydrogen-bond donors (Lipinski definition) is 1. The van der Waals surface area contributed by atoms with Gasteiger partial charge in [-0.3, -0.25) is 9.59 Å². The molecular weight excluding hydrogens is 354 g/mol. The van der Waals surface area contributed by atoms with Crippen molar-refractivity contribution in [1.82, 2.24) is 5.32 Å². The largest absolute Gasteiger partial charge is 0.466 e. The van der Waals surface area contributed by atoms with E-state index in [1.165, 1.54) is 0 Å². The number of esters is 1. The molecule has 1 unspecified atom stereocenters. The van der Waals surface area contributed by atoms with Crippen molar-refractivity contribution in [2.24, 2.45) is 0 Å². The van der Waals surface area contributed by atoms with Gasteiger partial charge in [0, 0.05) is 17.4 Å². The molecule has 0 aromatic heterocycles. The van der Waals surface area contributed by atoms with Gasteiger partial charge in [-0.25, -0.2) is 4.79 Å². The van der Waals surface area contributed by atoms with E-state index >= 15 is 0 Å². The third kappa shape index (κ3) is 9.46. The Balaban J connectivity index is 2.59. The Morgan fingerprint density at radius 2 is 1.81 bits per heavy atom. The molecule has 1 rings (SSSR count). The van der Waals surface area contributed by atoms with Crippen LogP contribution in [-0.4, -0.2) is 41.2 Å². The lowest BCUT2D eigenvalue weighted by atomic mass is 10.2. The molecular formula is C19H27NO5S. The zero-order valence-corrected chi connectivity index (χ0v) is 16.6. The molecule has 0 aliphatic rings. The average molecular weight is 381 g/mol. The number of amides is 1. The molecule has 1 N–H and O–H groups in total. The predicted octanol–water partition coefficient (Wildman–Crippen LogP) is 3.80. The molecule has 0 spiro atoms. The summed E-state index contributed by atoms with van der Waals surface area (Å²) in [4.78, 5) is 35.9. The van der Waals surface area contributed by atoms with Crippen molar-refractivity contribution in [2.45, 2.75) is 51.4 Å². The summed E-state index contributed by atoms with van der Waals surface area (Å²) in [6.45, 7) is 7.67. The van der Waals surface area contributed by atoms with E-state index in [2.05, 4.69) is 5.32 Å². The quantitative estimate of drug-likeness (QED) is 0.690. The van der Waals surface area contributed by atoms with Gasteiger partial charge >= 0.3 is 12.1 Å². The van der Waals surface area contributed by atoms with E-state index in [-0.39, 0.29) is 22.8 Å². The normalized spacial score (nSPS) is 12.2. The second-order valence-corrected chi connectivity index (χ2v) is 7.89. The minimum Gasteiger partial charge on any atom is -0.466 e. The molecule has 0 aliphatic carbocycles. The Morgan fingerprint density at radius 3 is 2.38 bits per heavy atom. The van der Waals surface area contributed by atoms with Crippen LogP contribution in [0, 0.1) is 0 Å². The minimum atomic E-state index is -0.577. The molecule has 6 nitrogen and oxygen atoms in total. The van der Waals surface area contributed by atoms with Gasteiger partial charge in [0.05, 0.1) is 13.0 Å². The average Bonchev–Trinajstić information content (AvgIpc) is 2.54. The monoisotopic (exact) mass is 381 g/mol. The zero-order valence-electron chi connectivity index (χ0n) is 15.7. The number of benzene rings is 1.